The first-order valence-corrected chi connectivity index (χ1v) is 7.04. The summed E-state index contributed by atoms with van der Waals surface area (Å²) < 4.78 is 0. The van der Waals surface area contributed by atoms with Gasteiger partial charge in [-0.2, -0.15) is 0 Å². The third-order valence-electron chi connectivity index (χ3n) is 3.63. The van der Waals surface area contributed by atoms with E-state index in [-0.39, 0.29) is 5.78 Å². The smallest absolute Gasteiger partial charge is 0.154 e. The van der Waals surface area contributed by atoms with E-state index in [1.807, 2.05) is 24.3 Å². The Morgan fingerprint density at radius 3 is 2.45 bits per heavy atom. The lowest BCUT2D eigenvalue weighted by atomic mass is 9.95. The first-order chi connectivity index (χ1) is 9.84. The number of Topliss-reactive ketones (excluding diaryl/α,β-unsaturated/α-hetero) is 1. The van der Waals surface area contributed by atoms with E-state index < -0.39 is 0 Å². The van der Waals surface area contributed by atoms with E-state index in [4.69, 9.17) is 0 Å². The van der Waals surface area contributed by atoms with Crippen LogP contribution in [0.4, 0.5) is 0 Å². The summed E-state index contributed by atoms with van der Waals surface area (Å²) >= 11 is 0. The van der Waals surface area contributed by atoms with Crippen molar-refractivity contribution >= 4 is 11.5 Å². The van der Waals surface area contributed by atoms with Crippen molar-refractivity contribution in [3.8, 4) is 0 Å². The molecule has 20 heavy (non-hydrogen) atoms. The lowest BCUT2D eigenvalue weighted by Gasteiger charge is -2.11. The van der Waals surface area contributed by atoms with Crippen LogP contribution in [0.25, 0.3) is 0 Å². The Morgan fingerprint density at radius 1 is 0.850 bits per heavy atom. The van der Waals surface area contributed by atoms with Crippen LogP contribution >= 0.6 is 0 Å². The Bertz CT molecular complexity index is 643. The van der Waals surface area contributed by atoms with Crippen LogP contribution < -0.4 is 0 Å². The molecule has 0 aromatic heterocycles. The molecule has 0 N–H and O–H groups in total. The molecule has 0 fully saturated rings. The topological polar surface area (TPSA) is 29.4 Å². The van der Waals surface area contributed by atoms with E-state index in [1.165, 1.54) is 5.56 Å². The molecule has 0 bridgehead atoms. The summed E-state index contributed by atoms with van der Waals surface area (Å²) in [7, 11) is 0. The normalized spacial score (nSPS) is 18.2. The molecule has 3 rings (SSSR count). The number of fused-ring (bicyclic) bond motifs is 1. The number of benzene rings is 2. The number of aliphatic imine (C=N–C) groups is 1. The van der Waals surface area contributed by atoms with Crippen LogP contribution in [0, 0.1) is 0 Å². The molecule has 0 saturated heterocycles. The number of ketones is 1. The van der Waals surface area contributed by atoms with Crippen molar-refractivity contribution in [2.24, 2.45) is 4.99 Å². The number of hydrogen-bond donors (Lipinski definition) is 0. The van der Waals surface area contributed by atoms with Gasteiger partial charge in [0, 0.05) is 17.5 Å². The average molecular weight is 263 g/mol. The lowest BCUT2D eigenvalue weighted by Crippen LogP contribution is -2.08. The second-order valence-electron chi connectivity index (χ2n) is 5.08. The number of carbonyl (C=O) groups excluding carboxylic acids is 1. The Morgan fingerprint density at radius 2 is 1.60 bits per heavy atom. The van der Waals surface area contributed by atoms with Gasteiger partial charge in [-0.1, -0.05) is 54.6 Å². The van der Waals surface area contributed by atoms with Gasteiger partial charge in [0.05, 0.1) is 12.3 Å². The largest absolute Gasteiger partial charge is 0.298 e. The molecule has 1 aliphatic heterocycles. The SMILES string of the molecule is O=C1CCCc2ccccc2/C(c2ccccc2)=N\C1. The van der Waals surface area contributed by atoms with Crippen LogP contribution in [0.2, 0.25) is 0 Å². The predicted octanol–water partition coefficient (Wildman–Crippen LogP) is 3.43. The van der Waals surface area contributed by atoms with Gasteiger partial charge in [0.25, 0.3) is 0 Å². The summed E-state index contributed by atoms with van der Waals surface area (Å²) in [4.78, 5) is 16.4. The second-order valence-corrected chi connectivity index (χ2v) is 5.08. The van der Waals surface area contributed by atoms with Crippen LogP contribution in [-0.4, -0.2) is 18.0 Å². The van der Waals surface area contributed by atoms with Gasteiger partial charge in [-0.05, 0) is 18.4 Å². The molecule has 1 heterocycles. The molecule has 2 nitrogen and oxygen atoms in total. The Hall–Kier alpha value is -2.22. The Labute approximate surface area is 119 Å². The van der Waals surface area contributed by atoms with Gasteiger partial charge in [-0.3, -0.25) is 9.79 Å². The van der Waals surface area contributed by atoms with E-state index in [9.17, 15) is 4.79 Å². The maximum Gasteiger partial charge on any atom is 0.154 e. The fourth-order valence-corrected chi connectivity index (χ4v) is 2.62. The van der Waals surface area contributed by atoms with Crippen molar-refractivity contribution in [1.82, 2.24) is 0 Å². The van der Waals surface area contributed by atoms with Crippen molar-refractivity contribution in [1.29, 1.82) is 0 Å². The molecule has 2 heteroatoms. The van der Waals surface area contributed by atoms with Crippen LogP contribution in [0.3, 0.4) is 0 Å². The second kappa shape index (κ2) is 5.83. The molecule has 0 amide bonds. The third-order valence-corrected chi connectivity index (χ3v) is 3.63. The number of rotatable bonds is 1. The van der Waals surface area contributed by atoms with E-state index >= 15 is 0 Å². The zero-order valence-electron chi connectivity index (χ0n) is 11.4. The van der Waals surface area contributed by atoms with Gasteiger partial charge in [-0.25, -0.2) is 0 Å². The summed E-state index contributed by atoms with van der Waals surface area (Å²) in [5, 5.41) is 0. The molecule has 0 aliphatic carbocycles. The first kappa shape index (κ1) is 12.8. The highest BCUT2D eigenvalue weighted by Gasteiger charge is 2.14. The van der Waals surface area contributed by atoms with Gasteiger partial charge in [0.1, 0.15) is 0 Å². The molecule has 2 aromatic carbocycles. The zero-order valence-corrected chi connectivity index (χ0v) is 11.4. The van der Waals surface area contributed by atoms with Gasteiger partial charge in [-0.15, -0.1) is 0 Å². The van der Waals surface area contributed by atoms with E-state index in [2.05, 4.69) is 35.3 Å². The summed E-state index contributed by atoms with van der Waals surface area (Å²) in [6, 6.07) is 18.5. The van der Waals surface area contributed by atoms with E-state index in [1.54, 1.807) is 0 Å². The fraction of sp³-hybridized carbons (Fsp3) is 0.222. The molecular weight excluding hydrogens is 246 g/mol. The maximum absolute atomic E-state index is 11.8. The van der Waals surface area contributed by atoms with Crippen molar-refractivity contribution in [2.45, 2.75) is 19.3 Å². The third kappa shape index (κ3) is 2.69. The minimum absolute atomic E-state index is 0.228. The number of hydrogen-bond acceptors (Lipinski definition) is 2. The van der Waals surface area contributed by atoms with Crippen molar-refractivity contribution in [2.75, 3.05) is 6.54 Å². The summed E-state index contributed by atoms with van der Waals surface area (Å²) in [6.45, 7) is 0.290. The van der Waals surface area contributed by atoms with Gasteiger partial charge < -0.3 is 0 Å². The summed E-state index contributed by atoms with van der Waals surface area (Å²) in [5.74, 6) is 0.228. The fourth-order valence-electron chi connectivity index (χ4n) is 2.62. The molecule has 1 aliphatic rings. The van der Waals surface area contributed by atoms with Crippen LogP contribution in [0.1, 0.15) is 29.5 Å². The number of nitrogens with zero attached hydrogens (tertiary/aromatic N) is 1. The number of carbonyl (C=O) groups is 1. The van der Waals surface area contributed by atoms with Gasteiger partial charge in [0.2, 0.25) is 0 Å². The maximum atomic E-state index is 11.8. The first-order valence-electron chi connectivity index (χ1n) is 7.04. The Kier molecular flexibility index (Phi) is 3.73. The standard InChI is InChI=1S/C18H17NO/c20-16-11-6-10-14-7-4-5-12-17(14)18(19-13-16)15-8-2-1-3-9-15/h1-5,7-9,12H,6,10-11,13H2/b19-18-. The Balaban J connectivity index is 2.13. The molecule has 0 unspecified atom stereocenters. The van der Waals surface area contributed by atoms with E-state index in [0.717, 1.165) is 29.7 Å². The predicted molar refractivity (Wildman–Crippen MR) is 81.3 cm³/mol. The minimum Gasteiger partial charge on any atom is -0.298 e. The molecule has 2 aromatic rings. The average Bonchev–Trinajstić information content (AvgIpc) is 2.57. The quantitative estimate of drug-likeness (QED) is 0.775. The highest BCUT2D eigenvalue weighted by atomic mass is 16.1. The van der Waals surface area contributed by atoms with E-state index in [0.29, 0.717) is 13.0 Å². The molecule has 100 valence electrons. The zero-order chi connectivity index (χ0) is 13.8. The van der Waals surface area contributed by atoms with Crippen LogP contribution in [0.5, 0.6) is 0 Å². The highest BCUT2D eigenvalue weighted by Crippen LogP contribution is 2.19. The minimum atomic E-state index is 0.228. The van der Waals surface area contributed by atoms with Crippen LogP contribution in [0.15, 0.2) is 59.6 Å². The summed E-state index contributed by atoms with van der Waals surface area (Å²) in [5.41, 5.74) is 4.46. The van der Waals surface area contributed by atoms with Crippen molar-refractivity contribution in [3.05, 3.63) is 71.3 Å². The highest BCUT2D eigenvalue weighted by molar-refractivity contribution is 6.14. The lowest BCUT2D eigenvalue weighted by molar-refractivity contribution is -0.117. The van der Waals surface area contributed by atoms with Gasteiger partial charge in [0.15, 0.2) is 5.78 Å². The molecule has 0 saturated carbocycles. The molecule has 0 spiro atoms. The molecule has 0 radical (unpaired) electrons. The van der Waals surface area contributed by atoms with Crippen LogP contribution in [-0.2, 0) is 11.2 Å². The molecular formula is C18H17NO. The molecule has 0 atom stereocenters. The number of aryl methyl sites for hydroxylation is 1. The monoisotopic (exact) mass is 263 g/mol. The van der Waals surface area contributed by atoms with Gasteiger partial charge >= 0.3 is 0 Å². The van der Waals surface area contributed by atoms with Crippen molar-refractivity contribution < 1.29 is 4.79 Å². The summed E-state index contributed by atoms with van der Waals surface area (Å²) in [6.07, 6.45) is 2.47. The van der Waals surface area contributed by atoms with Crippen molar-refractivity contribution in [3.63, 3.8) is 0 Å².